The van der Waals surface area contributed by atoms with Crippen LogP contribution in [0.1, 0.15) is 58.3 Å². The van der Waals surface area contributed by atoms with Gasteiger partial charge in [0, 0.05) is 11.3 Å². The van der Waals surface area contributed by atoms with Crippen LogP contribution in [0.15, 0.2) is 4.99 Å². The van der Waals surface area contributed by atoms with Crippen LogP contribution in [0.5, 0.6) is 0 Å². The summed E-state index contributed by atoms with van der Waals surface area (Å²) in [4.78, 5) is 4.70. The zero-order valence-electron chi connectivity index (χ0n) is 12.7. The lowest BCUT2D eigenvalue weighted by molar-refractivity contribution is 0.0643. The first kappa shape index (κ1) is 14.7. The van der Waals surface area contributed by atoms with Crippen LogP contribution in [0, 0.1) is 5.92 Å². The molecule has 114 valence electrons. The smallest absolute Gasteiger partial charge is 0.157 e. The molecular formula is C16H28N2OS. The first-order valence-electron chi connectivity index (χ1n) is 8.33. The second-order valence-electron chi connectivity index (χ2n) is 6.84. The van der Waals surface area contributed by atoms with Gasteiger partial charge in [-0.1, -0.05) is 31.5 Å². The lowest BCUT2D eigenvalue weighted by atomic mass is 9.78. The van der Waals surface area contributed by atoms with Gasteiger partial charge in [0.15, 0.2) is 5.17 Å². The van der Waals surface area contributed by atoms with E-state index in [1.54, 1.807) is 0 Å². The zero-order chi connectivity index (χ0) is 13.8. The predicted molar refractivity (Wildman–Crippen MR) is 86.5 cm³/mol. The number of nitrogens with zero attached hydrogens (tertiary/aromatic N) is 1. The van der Waals surface area contributed by atoms with Crippen molar-refractivity contribution in [3.63, 3.8) is 0 Å². The summed E-state index contributed by atoms with van der Waals surface area (Å²) in [5.41, 5.74) is 0.363. The number of thioether (sulfide) groups is 1. The average molecular weight is 296 g/mol. The van der Waals surface area contributed by atoms with Crippen molar-refractivity contribution in [3.8, 4) is 0 Å². The quantitative estimate of drug-likeness (QED) is 0.805. The van der Waals surface area contributed by atoms with E-state index in [2.05, 4.69) is 12.2 Å². The van der Waals surface area contributed by atoms with E-state index in [1.165, 1.54) is 57.1 Å². The minimum absolute atomic E-state index is 0.363. The molecule has 20 heavy (non-hydrogen) atoms. The van der Waals surface area contributed by atoms with Gasteiger partial charge in [0.1, 0.15) is 0 Å². The third-order valence-corrected chi connectivity index (χ3v) is 6.29. The normalized spacial score (nSPS) is 36.9. The van der Waals surface area contributed by atoms with Crippen molar-refractivity contribution in [2.45, 2.75) is 69.9 Å². The Labute approximate surface area is 127 Å². The minimum Gasteiger partial charge on any atom is -0.376 e. The zero-order valence-corrected chi connectivity index (χ0v) is 13.5. The van der Waals surface area contributed by atoms with Crippen LogP contribution in [-0.2, 0) is 4.74 Å². The summed E-state index contributed by atoms with van der Waals surface area (Å²) in [7, 11) is 0. The maximum atomic E-state index is 5.87. The number of ether oxygens (including phenoxy) is 1. The molecule has 0 bridgehead atoms. The van der Waals surface area contributed by atoms with Crippen molar-refractivity contribution in [2.75, 3.05) is 18.9 Å². The topological polar surface area (TPSA) is 33.6 Å². The van der Waals surface area contributed by atoms with Gasteiger partial charge in [-0.2, -0.15) is 0 Å². The number of nitrogens with one attached hydrogen (secondary N) is 1. The van der Waals surface area contributed by atoms with Crippen LogP contribution in [0.2, 0.25) is 0 Å². The van der Waals surface area contributed by atoms with Gasteiger partial charge < -0.3 is 10.1 Å². The maximum Gasteiger partial charge on any atom is 0.157 e. The molecule has 1 heterocycles. The fourth-order valence-electron chi connectivity index (χ4n) is 3.60. The first-order valence-corrected chi connectivity index (χ1v) is 9.31. The van der Waals surface area contributed by atoms with Crippen molar-refractivity contribution in [1.29, 1.82) is 0 Å². The lowest BCUT2D eigenvalue weighted by Gasteiger charge is -2.35. The highest BCUT2D eigenvalue weighted by atomic mass is 32.2. The van der Waals surface area contributed by atoms with Crippen molar-refractivity contribution in [3.05, 3.63) is 0 Å². The van der Waals surface area contributed by atoms with E-state index >= 15 is 0 Å². The fraction of sp³-hybridized carbons (Fsp3) is 0.938. The highest BCUT2D eigenvalue weighted by Gasteiger charge is 2.39. The summed E-state index contributed by atoms with van der Waals surface area (Å²) >= 11 is 1.91. The average Bonchev–Trinajstić information content (AvgIpc) is 3.09. The maximum absolute atomic E-state index is 5.87. The molecule has 0 radical (unpaired) electrons. The van der Waals surface area contributed by atoms with Crippen LogP contribution < -0.4 is 5.32 Å². The molecule has 2 saturated carbocycles. The molecule has 0 atom stereocenters. The van der Waals surface area contributed by atoms with Gasteiger partial charge in [-0.05, 0) is 44.4 Å². The van der Waals surface area contributed by atoms with Gasteiger partial charge in [-0.15, -0.1) is 0 Å². The Bertz CT molecular complexity index is 344. The minimum atomic E-state index is 0.363. The first-order chi connectivity index (χ1) is 9.76. The Morgan fingerprint density at radius 2 is 2.00 bits per heavy atom. The van der Waals surface area contributed by atoms with Crippen LogP contribution >= 0.6 is 11.8 Å². The Hall–Kier alpha value is -0.220. The molecule has 1 spiro atoms. The number of hydrogen-bond acceptors (Lipinski definition) is 3. The predicted octanol–water partition coefficient (Wildman–Crippen LogP) is 3.59. The summed E-state index contributed by atoms with van der Waals surface area (Å²) in [5, 5.41) is 4.87. The molecule has 3 rings (SSSR count). The van der Waals surface area contributed by atoms with Gasteiger partial charge in [-0.25, -0.2) is 0 Å². The van der Waals surface area contributed by atoms with Gasteiger partial charge in [0.2, 0.25) is 0 Å². The van der Waals surface area contributed by atoms with Gasteiger partial charge in [-0.3, -0.25) is 4.99 Å². The number of hydrogen-bond donors (Lipinski definition) is 1. The number of aliphatic imine (C=N–C) groups is 1. The second-order valence-corrected chi connectivity index (χ2v) is 7.80. The summed E-state index contributed by atoms with van der Waals surface area (Å²) < 4.78 is 5.87. The van der Waals surface area contributed by atoms with Crippen molar-refractivity contribution in [1.82, 2.24) is 5.32 Å². The summed E-state index contributed by atoms with van der Waals surface area (Å²) in [6, 6.07) is 0. The van der Waals surface area contributed by atoms with Gasteiger partial charge in [0.25, 0.3) is 0 Å². The van der Waals surface area contributed by atoms with Crippen LogP contribution in [0.4, 0.5) is 0 Å². The van der Waals surface area contributed by atoms with E-state index in [9.17, 15) is 0 Å². The van der Waals surface area contributed by atoms with Crippen molar-refractivity contribution < 1.29 is 4.74 Å². The molecule has 2 aliphatic carbocycles. The van der Waals surface area contributed by atoms with E-state index in [0.29, 0.717) is 11.6 Å². The highest BCUT2D eigenvalue weighted by Crippen LogP contribution is 2.38. The molecule has 1 saturated heterocycles. The SMILES string of the molecule is CC1CCC2(CC1)CSC(=NCCOC1CCCC1)N2. The van der Waals surface area contributed by atoms with Crippen LogP contribution in [-0.4, -0.2) is 35.7 Å². The van der Waals surface area contributed by atoms with E-state index in [-0.39, 0.29) is 0 Å². The Morgan fingerprint density at radius 1 is 1.25 bits per heavy atom. The summed E-state index contributed by atoms with van der Waals surface area (Å²) in [5.74, 6) is 2.12. The molecule has 1 N–H and O–H groups in total. The van der Waals surface area contributed by atoms with E-state index in [0.717, 1.165) is 24.2 Å². The van der Waals surface area contributed by atoms with E-state index in [4.69, 9.17) is 9.73 Å². The van der Waals surface area contributed by atoms with Gasteiger partial charge in [0.05, 0.1) is 19.3 Å². The largest absolute Gasteiger partial charge is 0.376 e. The van der Waals surface area contributed by atoms with Gasteiger partial charge >= 0.3 is 0 Å². The molecule has 4 heteroatoms. The van der Waals surface area contributed by atoms with E-state index < -0.39 is 0 Å². The fourth-order valence-corrected chi connectivity index (χ4v) is 4.84. The molecule has 0 amide bonds. The molecular weight excluding hydrogens is 268 g/mol. The molecule has 0 aromatic rings. The van der Waals surface area contributed by atoms with Crippen molar-refractivity contribution in [2.24, 2.45) is 10.9 Å². The monoisotopic (exact) mass is 296 g/mol. The molecule has 0 aromatic carbocycles. The van der Waals surface area contributed by atoms with Crippen molar-refractivity contribution >= 4 is 16.9 Å². The highest BCUT2D eigenvalue weighted by molar-refractivity contribution is 8.14. The van der Waals surface area contributed by atoms with Crippen LogP contribution in [0.25, 0.3) is 0 Å². The number of amidine groups is 1. The second kappa shape index (κ2) is 6.69. The molecule has 0 aromatic heterocycles. The Morgan fingerprint density at radius 3 is 2.75 bits per heavy atom. The Balaban J connectivity index is 1.39. The molecule has 3 fully saturated rings. The van der Waals surface area contributed by atoms with Crippen LogP contribution in [0.3, 0.4) is 0 Å². The number of rotatable bonds is 4. The Kier molecular flexibility index (Phi) is 4.92. The molecule has 3 aliphatic rings. The summed E-state index contributed by atoms with van der Waals surface area (Å²) in [6.07, 6.45) is 11.1. The molecule has 0 unspecified atom stereocenters. The molecule has 3 nitrogen and oxygen atoms in total. The standard InChI is InChI=1S/C16H28N2OS/c1-13-6-8-16(9-7-13)12-20-15(18-16)17-10-11-19-14-4-2-3-5-14/h13-14H,2-12H2,1H3,(H,17,18). The molecule has 1 aliphatic heterocycles. The lowest BCUT2D eigenvalue weighted by Crippen LogP contribution is -2.46. The third-order valence-electron chi connectivity index (χ3n) is 5.09. The third kappa shape index (κ3) is 3.70. The van der Waals surface area contributed by atoms with E-state index in [1.807, 2.05) is 11.8 Å². The summed E-state index contributed by atoms with van der Waals surface area (Å²) in [6.45, 7) is 3.99.